The molecular weight excluding hydrogens is 348 g/mol. The smallest absolute Gasteiger partial charge is 0.338 e. The molecule has 0 atom stereocenters. The Morgan fingerprint density at radius 3 is 2.14 bits per heavy atom. The average Bonchev–Trinajstić information content (AvgIpc) is 2.70. The Morgan fingerprint density at radius 1 is 0.750 bits per heavy atom. The second kappa shape index (κ2) is 8.66. The summed E-state index contributed by atoms with van der Waals surface area (Å²) in [6.45, 7) is 5.62. The zero-order valence-electron chi connectivity index (χ0n) is 16.5. The maximum atomic E-state index is 12.6. The molecule has 0 heterocycles. The summed E-state index contributed by atoms with van der Waals surface area (Å²) < 4.78 is 5.36. The van der Waals surface area contributed by atoms with E-state index in [0.717, 1.165) is 27.8 Å². The molecule has 0 radical (unpaired) electrons. The molecular formula is C25H24O3. The second-order valence-corrected chi connectivity index (χ2v) is 7.07. The van der Waals surface area contributed by atoms with Gasteiger partial charge in [-0.15, -0.1) is 0 Å². The SMILES string of the molecule is Cc1cc(C)c(C(=O)COC(=O)c2ccccc2Cc2ccccc2)cc1C. The Kier molecular flexibility index (Phi) is 6.05. The molecule has 0 aromatic heterocycles. The van der Waals surface area contributed by atoms with Crippen LogP contribution in [0.15, 0.2) is 66.7 Å². The van der Waals surface area contributed by atoms with E-state index in [1.54, 1.807) is 12.1 Å². The molecule has 28 heavy (non-hydrogen) atoms. The van der Waals surface area contributed by atoms with Gasteiger partial charge in [-0.05, 0) is 67.1 Å². The van der Waals surface area contributed by atoms with E-state index in [9.17, 15) is 9.59 Å². The number of esters is 1. The van der Waals surface area contributed by atoms with Gasteiger partial charge in [0.15, 0.2) is 6.61 Å². The lowest BCUT2D eigenvalue weighted by molar-refractivity contribution is 0.0473. The summed E-state index contributed by atoms with van der Waals surface area (Å²) in [7, 11) is 0. The molecule has 0 saturated heterocycles. The van der Waals surface area contributed by atoms with Crippen molar-refractivity contribution < 1.29 is 14.3 Å². The van der Waals surface area contributed by atoms with Crippen LogP contribution >= 0.6 is 0 Å². The van der Waals surface area contributed by atoms with Crippen molar-refractivity contribution in [1.29, 1.82) is 0 Å². The van der Waals surface area contributed by atoms with E-state index in [2.05, 4.69) is 0 Å². The van der Waals surface area contributed by atoms with Crippen LogP contribution in [-0.4, -0.2) is 18.4 Å². The first kappa shape index (κ1) is 19.6. The van der Waals surface area contributed by atoms with E-state index in [1.165, 1.54) is 0 Å². The maximum absolute atomic E-state index is 12.6. The van der Waals surface area contributed by atoms with Crippen molar-refractivity contribution in [2.45, 2.75) is 27.2 Å². The zero-order valence-corrected chi connectivity index (χ0v) is 16.5. The number of ether oxygens (including phenoxy) is 1. The van der Waals surface area contributed by atoms with Gasteiger partial charge in [0.2, 0.25) is 5.78 Å². The van der Waals surface area contributed by atoms with Gasteiger partial charge in [-0.3, -0.25) is 4.79 Å². The summed E-state index contributed by atoms with van der Waals surface area (Å²) in [6.07, 6.45) is 0.635. The molecule has 0 bridgehead atoms. The minimum absolute atomic E-state index is 0.186. The molecule has 0 aliphatic rings. The van der Waals surface area contributed by atoms with E-state index < -0.39 is 5.97 Å². The Labute approximate surface area is 166 Å². The summed E-state index contributed by atoms with van der Waals surface area (Å²) in [4.78, 5) is 25.2. The van der Waals surface area contributed by atoms with Gasteiger partial charge in [0, 0.05) is 5.56 Å². The molecule has 0 fully saturated rings. The first-order valence-corrected chi connectivity index (χ1v) is 9.35. The summed E-state index contributed by atoms with van der Waals surface area (Å²) in [6, 6.07) is 21.2. The number of benzene rings is 3. The first-order chi connectivity index (χ1) is 13.5. The Hall–Kier alpha value is -3.20. The summed E-state index contributed by atoms with van der Waals surface area (Å²) >= 11 is 0. The number of rotatable bonds is 6. The molecule has 0 aliphatic heterocycles. The second-order valence-electron chi connectivity index (χ2n) is 7.07. The third-order valence-corrected chi connectivity index (χ3v) is 4.95. The predicted molar refractivity (Wildman–Crippen MR) is 111 cm³/mol. The average molecular weight is 372 g/mol. The number of Topliss-reactive ketones (excluding diaryl/α,β-unsaturated/α-hetero) is 1. The number of hydrogen-bond donors (Lipinski definition) is 0. The fourth-order valence-corrected chi connectivity index (χ4v) is 3.24. The third-order valence-electron chi connectivity index (χ3n) is 4.95. The van der Waals surface area contributed by atoms with Gasteiger partial charge in [0.1, 0.15) is 0 Å². The monoisotopic (exact) mass is 372 g/mol. The zero-order chi connectivity index (χ0) is 20.1. The number of carbonyl (C=O) groups excluding carboxylic acids is 2. The molecule has 3 heteroatoms. The lowest BCUT2D eigenvalue weighted by Crippen LogP contribution is -2.16. The van der Waals surface area contributed by atoms with Gasteiger partial charge < -0.3 is 4.74 Å². The minimum Gasteiger partial charge on any atom is -0.454 e. The van der Waals surface area contributed by atoms with E-state index in [-0.39, 0.29) is 12.4 Å². The lowest BCUT2D eigenvalue weighted by Gasteiger charge is -2.11. The quantitative estimate of drug-likeness (QED) is 0.439. The van der Waals surface area contributed by atoms with Crippen LogP contribution in [0.25, 0.3) is 0 Å². The molecule has 3 aromatic carbocycles. The van der Waals surface area contributed by atoms with Crippen LogP contribution in [0.1, 0.15) is 48.5 Å². The van der Waals surface area contributed by atoms with Crippen molar-refractivity contribution in [2.24, 2.45) is 0 Å². The highest BCUT2D eigenvalue weighted by atomic mass is 16.5. The number of hydrogen-bond acceptors (Lipinski definition) is 3. The molecule has 0 unspecified atom stereocenters. The molecule has 142 valence electrons. The number of aryl methyl sites for hydroxylation is 3. The van der Waals surface area contributed by atoms with Gasteiger partial charge in [-0.25, -0.2) is 4.79 Å². The van der Waals surface area contributed by atoms with Crippen LogP contribution in [0.4, 0.5) is 0 Å². The van der Waals surface area contributed by atoms with Crippen LogP contribution < -0.4 is 0 Å². The van der Waals surface area contributed by atoms with Gasteiger partial charge in [0.05, 0.1) is 5.56 Å². The van der Waals surface area contributed by atoms with Crippen LogP contribution in [0, 0.1) is 20.8 Å². The van der Waals surface area contributed by atoms with Gasteiger partial charge in [0.25, 0.3) is 0 Å². The van der Waals surface area contributed by atoms with Crippen molar-refractivity contribution in [3.05, 3.63) is 106 Å². The van der Waals surface area contributed by atoms with Crippen LogP contribution in [0.2, 0.25) is 0 Å². The predicted octanol–water partition coefficient (Wildman–Crippen LogP) is 5.24. The Morgan fingerprint density at radius 2 is 1.39 bits per heavy atom. The fourth-order valence-electron chi connectivity index (χ4n) is 3.24. The van der Waals surface area contributed by atoms with Crippen LogP contribution in [-0.2, 0) is 11.2 Å². The molecule has 0 amide bonds. The van der Waals surface area contributed by atoms with Crippen molar-refractivity contribution >= 4 is 11.8 Å². The van der Waals surface area contributed by atoms with Gasteiger partial charge in [-0.2, -0.15) is 0 Å². The third kappa shape index (κ3) is 4.55. The summed E-state index contributed by atoms with van der Waals surface area (Å²) in [5.74, 6) is -0.657. The van der Waals surface area contributed by atoms with Crippen molar-refractivity contribution in [3.8, 4) is 0 Å². The largest absolute Gasteiger partial charge is 0.454 e. The fraction of sp³-hybridized carbons (Fsp3) is 0.200. The number of carbonyl (C=O) groups is 2. The highest BCUT2D eigenvalue weighted by Crippen LogP contribution is 2.18. The molecule has 0 saturated carbocycles. The first-order valence-electron chi connectivity index (χ1n) is 9.35. The van der Waals surface area contributed by atoms with Crippen molar-refractivity contribution in [1.82, 2.24) is 0 Å². The standard InChI is InChI=1S/C25H24O3/c1-17-13-19(3)23(14-18(17)2)24(26)16-28-25(27)22-12-8-7-11-21(22)15-20-9-5-4-6-10-20/h4-14H,15-16H2,1-3H3. The molecule has 0 spiro atoms. The molecule has 3 rings (SSSR count). The number of ketones is 1. The summed E-state index contributed by atoms with van der Waals surface area (Å²) in [5, 5.41) is 0. The van der Waals surface area contributed by atoms with Gasteiger partial charge in [-0.1, -0.05) is 54.6 Å². The highest BCUT2D eigenvalue weighted by molar-refractivity contribution is 6.00. The van der Waals surface area contributed by atoms with Crippen LogP contribution in [0.5, 0.6) is 0 Å². The van der Waals surface area contributed by atoms with Gasteiger partial charge >= 0.3 is 5.97 Å². The molecule has 3 aromatic rings. The van der Waals surface area contributed by atoms with E-state index in [1.807, 2.05) is 75.4 Å². The Bertz CT molecular complexity index is 1000. The molecule has 3 nitrogen and oxygen atoms in total. The van der Waals surface area contributed by atoms with E-state index in [0.29, 0.717) is 17.5 Å². The highest BCUT2D eigenvalue weighted by Gasteiger charge is 2.17. The van der Waals surface area contributed by atoms with Crippen LogP contribution in [0.3, 0.4) is 0 Å². The maximum Gasteiger partial charge on any atom is 0.338 e. The normalized spacial score (nSPS) is 10.5. The topological polar surface area (TPSA) is 43.4 Å². The van der Waals surface area contributed by atoms with Crippen molar-refractivity contribution in [2.75, 3.05) is 6.61 Å². The molecule has 0 aliphatic carbocycles. The summed E-state index contributed by atoms with van der Waals surface area (Å²) in [5.41, 5.74) is 6.19. The Balaban J connectivity index is 1.72. The van der Waals surface area contributed by atoms with Crippen molar-refractivity contribution in [3.63, 3.8) is 0 Å². The van der Waals surface area contributed by atoms with E-state index in [4.69, 9.17) is 4.74 Å². The lowest BCUT2D eigenvalue weighted by atomic mass is 9.98. The molecule has 0 N–H and O–H groups in total. The van der Waals surface area contributed by atoms with E-state index >= 15 is 0 Å². The minimum atomic E-state index is -0.471.